The van der Waals surface area contributed by atoms with Crippen LogP contribution in [0.5, 0.6) is 0 Å². The van der Waals surface area contributed by atoms with Crippen molar-refractivity contribution in [2.45, 2.75) is 31.9 Å². The first kappa shape index (κ1) is 17.9. The lowest BCUT2D eigenvalue weighted by atomic mass is 9.76. The third kappa shape index (κ3) is 2.99. The Morgan fingerprint density at radius 1 is 1.24 bits per heavy atom. The number of rotatable bonds is 3. The Hall–Kier alpha value is -3.16. The van der Waals surface area contributed by atoms with Crippen molar-refractivity contribution in [2.75, 3.05) is 13.1 Å². The van der Waals surface area contributed by atoms with Crippen LogP contribution < -0.4 is 0 Å². The van der Waals surface area contributed by atoms with E-state index in [0.717, 1.165) is 11.0 Å². The lowest BCUT2D eigenvalue weighted by Gasteiger charge is -2.36. The maximum absolute atomic E-state index is 12.7. The molecule has 2 saturated heterocycles. The quantitative estimate of drug-likeness (QED) is 0.636. The topological polar surface area (TPSA) is 82.2 Å². The summed E-state index contributed by atoms with van der Waals surface area (Å²) in [7, 11) is 1.81. The highest BCUT2D eigenvalue weighted by molar-refractivity contribution is 5.91. The molecule has 8 nitrogen and oxygen atoms in total. The van der Waals surface area contributed by atoms with E-state index in [-0.39, 0.29) is 18.0 Å². The van der Waals surface area contributed by atoms with Gasteiger partial charge in [0, 0.05) is 39.0 Å². The minimum absolute atomic E-state index is 0.0832. The summed E-state index contributed by atoms with van der Waals surface area (Å²) in [6, 6.07) is 7.94. The summed E-state index contributed by atoms with van der Waals surface area (Å²) in [5.74, 6) is 0.218. The molecule has 1 aromatic carbocycles. The molecule has 2 aromatic heterocycles. The van der Waals surface area contributed by atoms with Gasteiger partial charge in [0.25, 0.3) is 5.91 Å². The molecule has 150 valence electrons. The average molecular weight is 393 g/mol. The first-order valence-electron chi connectivity index (χ1n) is 9.93. The molecular weight excluding hydrogens is 370 g/mol. The number of carbonyl (C=O) groups is 2. The molecule has 5 rings (SSSR count). The molecule has 2 aliphatic rings. The fourth-order valence-corrected chi connectivity index (χ4v) is 4.57. The zero-order chi connectivity index (χ0) is 20.0. The van der Waals surface area contributed by atoms with E-state index >= 15 is 0 Å². The van der Waals surface area contributed by atoms with Crippen LogP contribution in [0, 0.1) is 5.41 Å². The molecule has 8 heteroatoms. The molecule has 0 saturated carbocycles. The summed E-state index contributed by atoms with van der Waals surface area (Å²) < 4.78 is 9.53. The van der Waals surface area contributed by atoms with Gasteiger partial charge in [0.15, 0.2) is 5.82 Å². The van der Waals surface area contributed by atoms with Crippen LogP contribution in [0.2, 0.25) is 0 Å². The number of ether oxygens (including phenoxy) is 1. The molecule has 1 unspecified atom stereocenters. The molecule has 0 aliphatic carbocycles. The Morgan fingerprint density at radius 3 is 2.79 bits per heavy atom. The smallest absolute Gasteiger partial charge is 0.312 e. The SMILES string of the molecule is Cn1ccnc1C(=O)N1CCC2(CC1)CC(Cn1cnc3ccccc31)OC2=O. The van der Waals surface area contributed by atoms with Gasteiger partial charge in [0.1, 0.15) is 6.10 Å². The van der Waals surface area contributed by atoms with Crippen molar-refractivity contribution >= 4 is 22.9 Å². The molecule has 4 heterocycles. The van der Waals surface area contributed by atoms with Gasteiger partial charge in [-0.15, -0.1) is 0 Å². The van der Waals surface area contributed by atoms with E-state index in [9.17, 15) is 9.59 Å². The minimum atomic E-state index is -0.487. The Kier molecular flexibility index (Phi) is 4.15. The zero-order valence-corrected chi connectivity index (χ0v) is 16.3. The van der Waals surface area contributed by atoms with Crippen LogP contribution in [0.3, 0.4) is 0 Å². The maximum atomic E-state index is 12.7. The number of esters is 1. The van der Waals surface area contributed by atoms with E-state index < -0.39 is 5.41 Å². The van der Waals surface area contributed by atoms with Gasteiger partial charge in [-0.1, -0.05) is 12.1 Å². The fraction of sp³-hybridized carbons (Fsp3) is 0.429. The fourth-order valence-electron chi connectivity index (χ4n) is 4.57. The largest absolute Gasteiger partial charge is 0.460 e. The third-order valence-electron chi connectivity index (χ3n) is 6.27. The van der Waals surface area contributed by atoms with Crippen molar-refractivity contribution in [1.82, 2.24) is 24.0 Å². The molecule has 0 bridgehead atoms. The number of para-hydroxylation sites is 2. The monoisotopic (exact) mass is 393 g/mol. The van der Waals surface area contributed by atoms with Crippen LogP contribution in [0.15, 0.2) is 43.0 Å². The normalized spacial score (nSPS) is 21.1. The van der Waals surface area contributed by atoms with Crippen LogP contribution >= 0.6 is 0 Å². The van der Waals surface area contributed by atoms with Crippen molar-refractivity contribution < 1.29 is 14.3 Å². The highest BCUT2D eigenvalue weighted by Crippen LogP contribution is 2.43. The van der Waals surface area contributed by atoms with E-state index in [4.69, 9.17) is 4.74 Å². The number of aromatic nitrogens is 4. The van der Waals surface area contributed by atoms with Crippen molar-refractivity contribution in [3.63, 3.8) is 0 Å². The number of nitrogens with zero attached hydrogens (tertiary/aromatic N) is 5. The third-order valence-corrected chi connectivity index (χ3v) is 6.27. The number of hydrogen-bond donors (Lipinski definition) is 0. The standard InChI is InChI=1S/C21H23N5O3/c1-24-11-8-22-18(24)19(27)25-9-6-21(7-10-25)12-15(29-20(21)28)13-26-14-23-16-4-2-3-5-17(16)26/h2-5,8,11,14-15H,6-7,9-10,12-13H2,1H3. The molecule has 29 heavy (non-hydrogen) atoms. The molecule has 1 atom stereocenters. The van der Waals surface area contributed by atoms with Gasteiger partial charge in [0.2, 0.25) is 0 Å². The van der Waals surface area contributed by atoms with Gasteiger partial charge in [0.05, 0.1) is 29.3 Å². The number of fused-ring (bicyclic) bond motifs is 1. The first-order valence-corrected chi connectivity index (χ1v) is 9.93. The number of piperidine rings is 1. The molecule has 2 fully saturated rings. The van der Waals surface area contributed by atoms with Crippen molar-refractivity contribution in [1.29, 1.82) is 0 Å². The minimum Gasteiger partial charge on any atom is -0.460 e. The number of cyclic esters (lactones) is 1. The van der Waals surface area contributed by atoms with Crippen molar-refractivity contribution in [3.05, 3.63) is 48.8 Å². The van der Waals surface area contributed by atoms with E-state index in [2.05, 4.69) is 9.97 Å². The number of likely N-dealkylation sites (tertiary alicyclic amines) is 1. The second-order valence-corrected chi connectivity index (χ2v) is 8.05. The van der Waals surface area contributed by atoms with Crippen molar-refractivity contribution in [3.8, 4) is 0 Å². The first-order chi connectivity index (χ1) is 14.1. The number of benzene rings is 1. The molecular formula is C21H23N5O3. The number of hydrogen-bond acceptors (Lipinski definition) is 5. The summed E-state index contributed by atoms with van der Waals surface area (Å²) >= 11 is 0. The van der Waals surface area contributed by atoms with Crippen LogP contribution in [-0.4, -0.2) is 55.1 Å². The van der Waals surface area contributed by atoms with Crippen molar-refractivity contribution in [2.24, 2.45) is 12.5 Å². The van der Waals surface area contributed by atoms with Gasteiger partial charge in [-0.2, -0.15) is 0 Å². The number of amides is 1. The zero-order valence-electron chi connectivity index (χ0n) is 16.3. The molecule has 0 N–H and O–H groups in total. The van der Waals surface area contributed by atoms with Crippen LogP contribution in [-0.2, 0) is 23.1 Å². The Balaban J connectivity index is 1.26. The second kappa shape index (κ2) is 6.72. The summed E-state index contributed by atoms with van der Waals surface area (Å²) in [4.78, 5) is 35.8. The van der Waals surface area contributed by atoms with Gasteiger partial charge in [-0.3, -0.25) is 9.59 Å². The van der Waals surface area contributed by atoms with E-state index in [0.29, 0.717) is 44.7 Å². The molecule has 1 amide bonds. The Bertz CT molecular complexity index is 1080. The van der Waals surface area contributed by atoms with Gasteiger partial charge in [-0.25, -0.2) is 9.97 Å². The highest BCUT2D eigenvalue weighted by atomic mass is 16.6. The lowest BCUT2D eigenvalue weighted by Crippen LogP contribution is -2.45. The van der Waals surface area contributed by atoms with Crippen LogP contribution in [0.25, 0.3) is 11.0 Å². The number of carbonyl (C=O) groups excluding carboxylic acids is 2. The number of imidazole rings is 2. The lowest BCUT2D eigenvalue weighted by molar-refractivity contribution is -0.150. The predicted octanol–water partition coefficient (Wildman–Crippen LogP) is 2.01. The molecule has 3 aromatic rings. The van der Waals surface area contributed by atoms with Gasteiger partial charge < -0.3 is 18.8 Å². The van der Waals surface area contributed by atoms with Crippen LogP contribution in [0.4, 0.5) is 0 Å². The number of aryl methyl sites for hydroxylation is 1. The average Bonchev–Trinajstić information content (AvgIpc) is 3.41. The van der Waals surface area contributed by atoms with E-state index in [1.165, 1.54) is 0 Å². The summed E-state index contributed by atoms with van der Waals surface area (Å²) in [6.07, 6.45) is 6.96. The maximum Gasteiger partial charge on any atom is 0.312 e. The summed E-state index contributed by atoms with van der Waals surface area (Å²) in [5, 5.41) is 0. The van der Waals surface area contributed by atoms with E-state index in [1.54, 1.807) is 28.2 Å². The predicted molar refractivity (Wildman–Crippen MR) is 105 cm³/mol. The Labute approximate surface area is 168 Å². The van der Waals surface area contributed by atoms with Crippen LogP contribution in [0.1, 0.15) is 29.9 Å². The molecule has 1 spiro atoms. The Morgan fingerprint density at radius 2 is 2.03 bits per heavy atom. The van der Waals surface area contributed by atoms with E-state index in [1.807, 2.05) is 35.9 Å². The summed E-state index contributed by atoms with van der Waals surface area (Å²) in [5.41, 5.74) is 1.49. The molecule has 0 radical (unpaired) electrons. The van der Waals surface area contributed by atoms with Gasteiger partial charge >= 0.3 is 5.97 Å². The molecule has 2 aliphatic heterocycles. The second-order valence-electron chi connectivity index (χ2n) is 8.05. The van der Waals surface area contributed by atoms with Gasteiger partial charge in [-0.05, 0) is 25.0 Å². The summed E-state index contributed by atoms with van der Waals surface area (Å²) in [6.45, 7) is 1.69. The highest BCUT2D eigenvalue weighted by Gasteiger charge is 2.51.